The van der Waals surface area contributed by atoms with E-state index in [0.29, 0.717) is 24.5 Å². The standard InChI is InChI=1S/C17H18N4O2S/c18-10-13-5-6-19-16(9-13)23-14-3-1-7-21(12-14)17(22)20-11-15-4-2-8-24-15/h2,4-6,8-9,14H,1,3,7,11-12H2,(H,20,22). The van der Waals surface area contributed by atoms with Crippen molar-refractivity contribution in [3.63, 3.8) is 0 Å². The molecule has 7 heteroatoms. The zero-order chi connectivity index (χ0) is 16.8. The summed E-state index contributed by atoms with van der Waals surface area (Å²) in [6.45, 7) is 1.79. The van der Waals surface area contributed by atoms with Gasteiger partial charge in [-0.3, -0.25) is 0 Å². The van der Waals surface area contributed by atoms with Crippen molar-refractivity contribution in [3.05, 3.63) is 46.3 Å². The zero-order valence-electron chi connectivity index (χ0n) is 13.1. The highest BCUT2D eigenvalue weighted by molar-refractivity contribution is 7.09. The quantitative estimate of drug-likeness (QED) is 0.927. The molecule has 3 heterocycles. The first-order chi connectivity index (χ1) is 11.7. The molecular formula is C17H18N4O2S. The molecule has 1 aliphatic heterocycles. The Labute approximate surface area is 144 Å². The number of nitrogens with one attached hydrogen (secondary N) is 1. The summed E-state index contributed by atoms with van der Waals surface area (Å²) in [5, 5.41) is 13.9. The number of amides is 2. The first-order valence-corrected chi connectivity index (χ1v) is 8.70. The van der Waals surface area contributed by atoms with Crippen molar-refractivity contribution in [2.45, 2.75) is 25.5 Å². The van der Waals surface area contributed by atoms with Crippen LogP contribution in [0, 0.1) is 11.3 Å². The summed E-state index contributed by atoms with van der Waals surface area (Å²) >= 11 is 1.62. The highest BCUT2D eigenvalue weighted by Crippen LogP contribution is 2.18. The summed E-state index contributed by atoms with van der Waals surface area (Å²) in [6, 6.07) is 9.22. The predicted octanol–water partition coefficient (Wildman–Crippen LogP) is 2.77. The molecule has 1 unspecified atom stereocenters. The van der Waals surface area contributed by atoms with Crippen LogP contribution in [0.25, 0.3) is 0 Å². The van der Waals surface area contributed by atoms with E-state index in [9.17, 15) is 4.79 Å². The van der Waals surface area contributed by atoms with Gasteiger partial charge in [-0.05, 0) is 30.4 Å². The molecule has 124 valence electrons. The van der Waals surface area contributed by atoms with Crippen LogP contribution in [0.1, 0.15) is 23.3 Å². The number of carbonyl (C=O) groups is 1. The number of rotatable bonds is 4. The van der Waals surface area contributed by atoms with Crippen LogP contribution < -0.4 is 10.1 Å². The lowest BCUT2D eigenvalue weighted by Gasteiger charge is -2.32. The van der Waals surface area contributed by atoms with Crippen LogP contribution in [-0.2, 0) is 6.54 Å². The summed E-state index contributed by atoms with van der Waals surface area (Å²) in [7, 11) is 0. The molecule has 24 heavy (non-hydrogen) atoms. The number of nitriles is 1. The molecule has 3 rings (SSSR count). The van der Waals surface area contributed by atoms with Gasteiger partial charge in [0.15, 0.2) is 0 Å². The van der Waals surface area contributed by atoms with Crippen molar-refractivity contribution in [2.75, 3.05) is 13.1 Å². The van der Waals surface area contributed by atoms with Gasteiger partial charge in [0, 0.05) is 23.7 Å². The maximum atomic E-state index is 12.3. The lowest BCUT2D eigenvalue weighted by atomic mass is 10.1. The number of hydrogen-bond acceptors (Lipinski definition) is 5. The minimum Gasteiger partial charge on any atom is -0.472 e. The van der Waals surface area contributed by atoms with Crippen molar-refractivity contribution in [1.82, 2.24) is 15.2 Å². The molecule has 1 aliphatic rings. The summed E-state index contributed by atoms with van der Waals surface area (Å²) in [5.74, 6) is 0.430. The predicted molar refractivity (Wildman–Crippen MR) is 90.7 cm³/mol. The Balaban J connectivity index is 1.53. The minimum atomic E-state index is -0.104. The van der Waals surface area contributed by atoms with Gasteiger partial charge in [-0.1, -0.05) is 6.07 Å². The highest BCUT2D eigenvalue weighted by atomic mass is 32.1. The van der Waals surface area contributed by atoms with E-state index in [-0.39, 0.29) is 12.1 Å². The first-order valence-electron chi connectivity index (χ1n) is 7.82. The molecule has 2 amide bonds. The van der Waals surface area contributed by atoms with Crippen LogP contribution in [0.5, 0.6) is 5.88 Å². The van der Waals surface area contributed by atoms with Gasteiger partial charge in [0.25, 0.3) is 0 Å². The van der Waals surface area contributed by atoms with Crippen molar-refractivity contribution >= 4 is 17.4 Å². The summed E-state index contributed by atoms with van der Waals surface area (Å²) in [5.41, 5.74) is 0.515. The second-order valence-corrected chi connectivity index (χ2v) is 6.59. The van der Waals surface area contributed by atoms with Crippen molar-refractivity contribution in [2.24, 2.45) is 0 Å². The van der Waals surface area contributed by atoms with Crippen LogP contribution in [0.3, 0.4) is 0 Å². The van der Waals surface area contributed by atoms with E-state index in [1.165, 1.54) is 0 Å². The van der Waals surface area contributed by atoms with Crippen LogP contribution in [0.4, 0.5) is 4.79 Å². The molecule has 0 spiro atoms. The number of carbonyl (C=O) groups excluding carboxylic acids is 1. The maximum absolute atomic E-state index is 12.3. The number of urea groups is 1. The Morgan fingerprint density at radius 2 is 2.46 bits per heavy atom. The summed E-state index contributed by atoms with van der Waals surface area (Å²) < 4.78 is 5.85. The Bertz CT molecular complexity index is 726. The normalized spacial score (nSPS) is 17.1. The Hall–Kier alpha value is -2.59. The molecule has 0 aromatic carbocycles. The smallest absolute Gasteiger partial charge is 0.317 e. The van der Waals surface area contributed by atoms with Gasteiger partial charge < -0.3 is 15.0 Å². The third-order valence-corrected chi connectivity index (χ3v) is 4.69. The molecule has 0 bridgehead atoms. The number of ether oxygens (including phenoxy) is 1. The van der Waals surface area contributed by atoms with Crippen LogP contribution >= 0.6 is 11.3 Å². The molecule has 6 nitrogen and oxygen atoms in total. The number of nitrogens with zero attached hydrogens (tertiary/aromatic N) is 3. The van der Waals surface area contributed by atoms with Crippen molar-refractivity contribution in [1.29, 1.82) is 5.26 Å². The highest BCUT2D eigenvalue weighted by Gasteiger charge is 2.25. The van der Waals surface area contributed by atoms with Gasteiger partial charge >= 0.3 is 6.03 Å². The number of aromatic nitrogens is 1. The Kier molecular flexibility index (Phi) is 5.29. The topological polar surface area (TPSA) is 78.2 Å². The second-order valence-electron chi connectivity index (χ2n) is 5.56. The average molecular weight is 342 g/mol. The molecule has 1 fully saturated rings. The van der Waals surface area contributed by atoms with Gasteiger partial charge in [-0.25, -0.2) is 9.78 Å². The SMILES string of the molecule is N#Cc1ccnc(OC2CCCN(C(=O)NCc3cccs3)C2)c1. The second kappa shape index (κ2) is 7.79. The maximum Gasteiger partial charge on any atom is 0.317 e. The van der Waals surface area contributed by atoms with Gasteiger partial charge in [0.2, 0.25) is 5.88 Å². The lowest BCUT2D eigenvalue weighted by molar-refractivity contribution is 0.0977. The monoisotopic (exact) mass is 342 g/mol. The van der Waals surface area contributed by atoms with E-state index in [1.807, 2.05) is 17.5 Å². The van der Waals surface area contributed by atoms with Gasteiger partial charge in [-0.2, -0.15) is 5.26 Å². The number of thiophene rings is 1. The molecular weight excluding hydrogens is 324 g/mol. The molecule has 0 radical (unpaired) electrons. The first kappa shape index (κ1) is 16.3. The number of hydrogen-bond donors (Lipinski definition) is 1. The largest absolute Gasteiger partial charge is 0.472 e. The number of pyridine rings is 1. The molecule has 2 aromatic heterocycles. The average Bonchev–Trinajstić information content (AvgIpc) is 3.13. The fourth-order valence-electron chi connectivity index (χ4n) is 2.62. The van der Waals surface area contributed by atoms with E-state index in [0.717, 1.165) is 24.3 Å². The van der Waals surface area contributed by atoms with Crippen LogP contribution in [0.15, 0.2) is 35.8 Å². The Morgan fingerprint density at radius 3 is 3.25 bits per heavy atom. The third-order valence-electron chi connectivity index (χ3n) is 3.81. The summed E-state index contributed by atoms with van der Waals surface area (Å²) in [6.07, 6.45) is 3.21. The fourth-order valence-corrected chi connectivity index (χ4v) is 3.27. The molecule has 1 saturated heterocycles. The number of likely N-dealkylation sites (tertiary alicyclic amines) is 1. The van der Waals surface area contributed by atoms with Gasteiger partial charge in [0.05, 0.1) is 24.7 Å². The fraction of sp³-hybridized carbons (Fsp3) is 0.353. The molecule has 1 atom stereocenters. The van der Waals surface area contributed by atoms with Crippen molar-refractivity contribution in [3.8, 4) is 11.9 Å². The van der Waals surface area contributed by atoms with Crippen LogP contribution in [-0.4, -0.2) is 35.1 Å². The minimum absolute atomic E-state index is 0.0737. The number of piperidine rings is 1. The zero-order valence-corrected chi connectivity index (χ0v) is 14.0. The molecule has 0 saturated carbocycles. The van der Waals surface area contributed by atoms with E-state index >= 15 is 0 Å². The van der Waals surface area contributed by atoms with Crippen LogP contribution in [0.2, 0.25) is 0 Å². The molecule has 1 N–H and O–H groups in total. The van der Waals surface area contributed by atoms with Gasteiger partial charge in [0.1, 0.15) is 6.10 Å². The molecule has 2 aromatic rings. The van der Waals surface area contributed by atoms with E-state index in [2.05, 4.69) is 16.4 Å². The summed E-state index contributed by atoms with van der Waals surface area (Å²) in [4.78, 5) is 19.3. The Morgan fingerprint density at radius 1 is 1.54 bits per heavy atom. The van der Waals surface area contributed by atoms with E-state index in [4.69, 9.17) is 10.00 Å². The van der Waals surface area contributed by atoms with E-state index in [1.54, 1.807) is 34.6 Å². The van der Waals surface area contributed by atoms with E-state index < -0.39 is 0 Å². The lowest BCUT2D eigenvalue weighted by Crippen LogP contribution is -2.48. The van der Waals surface area contributed by atoms with Gasteiger partial charge in [-0.15, -0.1) is 11.3 Å². The third kappa shape index (κ3) is 4.24. The van der Waals surface area contributed by atoms with Crippen molar-refractivity contribution < 1.29 is 9.53 Å². The molecule has 0 aliphatic carbocycles.